The molecular formula is C28H27NO4. The van der Waals surface area contributed by atoms with Gasteiger partial charge in [0.2, 0.25) is 0 Å². The number of carboxylic acids is 1. The Bertz CT molecular complexity index is 1290. The van der Waals surface area contributed by atoms with Crippen LogP contribution in [0.15, 0.2) is 42.5 Å². The van der Waals surface area contributed by atoms with Crippen LogP contribution in [-0.4, -0.2) is 28.5 Å². The number of benzene rings is 3. The number of nitrogens with zero attached hydrogens (tertiary/aromatic N) is 1. The molecule has 1 N–H and O–H groups in total. The van der Waals surface area contributed by atoms with Crippen molar-refractivity contribution < 1.29 is 19.4 Å². The Morgan fingerprint density at radius 1 is 0.970 bits per heavy atom. The van der Waals surface area contributed by atoms with Crippen LogP contribution >= 0.6 is 0 Å². The van der Waals surface area contributed by atoms with E-state index < -0.39 is 5.97 Å². The molecule has 2 aliphatic rings. The molecule has 3 aromatic rings. The summed E-state index contributed by atoms with van der Waals surface area (Å²) < 4.78 is 5.77. The van der Waals surface area contributed by atoms with Crippen LogP contribution in [0.5, 0.6) is 5.75 Å². The lowest BCUT2D eigenvalue weighted by molar-refractivity contribution is -0.136. The Morgan fingerprint density at radius 3 is 2.36 bits per heavy atom. The van der Waals surface area contributed by atoms with Crippen molar-refractivity contribution in [2.45, 2.75) is 46.7 Å². The zero-order chi connectivity index (χ0) is 23.3. The van der Waals surface area contributed by atoms with E-state index in [-0.39, 0.29) is 12.3 Å². The van der Waals surface area contributed by atoms with Gasteiger partial charge in [-0.2, -0.15) is 0 Å². The van der Waals surface area contributed by atoms with E-state index in [1.807, 2.05) is 49.1 Å². The van der Waals surface area contributed by atoms with Gasteiger partial charge in [-0.15, -0.1) is 0 Å². The third-order valence-corrected chi connectivity index (χ3v) is 7.00. The highest BCUT2D eigenvalue weighted by Crippen LogP contribution is 2.40. The van der Waals surface area contributed by atoms with Gasteiger partial charge in [-0.05, 0) is 71.3 Å². The van der Waals surface area contributed by atoms with Crippen molar-refractivity contribution in [1.29, 1.82) is 0 Å². The second-order valence-electron chi connectivity index (χ2n) is 9.05. The molecule has 0 fully saturated rings. The number of hydrogen-bond donors (Lipinski definition) is 1. The van der Waals surface area contributed by atoms with Gasteiger partial charge in [0.05, 0.1) is 18.6 Å². The molecule has 0 aliphatic carbocycles. The lowest BCUT2D eigenvalue weighted by atomic mass is 9.84. The number of para-hydroxylation sites is 1. The number of fused-ring (bicyclic) bond motifs is 2. The van der Waals surface area contributed by atoms with E-state index >= 15 is 0 Å². The molecule has 2 heterocycles. The summed E-state index contributed by atoms with van der Waals surface area (Å²) >= 11 is 0. The maximum absolute atomic E-state index is 13.5. The molecule has 5 rings (SSSR count). The van der Waals surface area contributed by atoms with Gasteiger partial charge in [0.15, 0.2) is 0 Å². The summed E-state index contributed by atoms with van der Waals surface area (Å²) in [7, 11) is 0. The molecule has 0 saturated carbocycles. The van der Waals surface area contributed by atoms with E-state index in [1.165, 1.54) is 0 Å². The first-order valence-corrected chi connectivity index (χ1v) is 11.3. The van der Waals surface area contributed by atoms with E-state index in [1.54, 1.807) is 0 Å². The summed E-state index contributed by atoms with van der Waals surface area (Å²) in [6.07, 6.45) is 0.782. The van der Waals surface area contributed by atoms with Crippen LogP contribution in [0.4, 0.5) is 0 Å². The van der Waals surface area contributed by atoms with Crippen LogP contribution in [0.1, 0.15) is 49.3 Å². The lowest BCUT2D eigenvalue weighted by Gasteiger charge is -2.19. The van der Waals surface area contributed by atoms with Crippen molar-refractivity contribution in [3.05, 3.63) is 87.0 Å². The molecule has 0 saturated heterocycles. The fourth-order valence-corrected chi connectivity index (χ4v) is 5.25. The monoisotopic (exact) mass is 441 g/mol. The predicted molar refractivity (Wildman–Crippen MR) is 127 cm³/mol. The summed E-state index contributed by atoms with van der Waals surface area (Å²) in [5.74, 6) is -0.187. The lowest BCUT2D eigenvalue weighted by Crippen LogP contribution is -2.25. The molecule has 1 amide bonds. The molecular weight excluding hydrogens is 414 g/mol. The number of hydrogen-bond acceptors (Lipinski definition) is 3. The van der Waals surface area contributed by atoms with Crippen molar-refractivity contribution >= 4 is 11.9 Å². The van der Waals surface area contributed by atoms with Gasteiger partial charge in [-0.3, -0.25) is 9.59 Å². The summed E-state index contributed by atoms with van der Waals surface area (Å²) in [6, 6.07) is 14.0. The smallest absolute Gasteiger partial charge is 0.307 e. The second-order valence-corrected chi connectivity index (χ2v) is 9.05. The maximum Gasteiger partial charge on any atom is 0.307 e. The minimum Gasteiger partial charge on any atom is -0.492 e. The number of carbonyl (C=O) groups excluding carboxylic acids is 1. The number of rotatable bonds is 4. The van der Waals surface area contributed by atoms with Gasteiger partial charge in [0, 0.05) is 19.5 Å². The number of carboxylic acid groups (broad SMARTS) is 1. The van der Waals surface area contributed by atoms with Gasteiger partial charge >= 0.3 is 5.97 Å². The highest BCUT2D eigenvalue weighted by atomic mass is 16.5. The molecule has 168 valence electrons. The third-order valence-electron chi connectivity index (χ3n) is 7.00. The van der Waals surface area contributed by atoms with E-state index in [0.717, 1.165) is 56.5 Å². The summed E-state index contributed by atoms with van der Waals surface area (Å²) in [4.78, 5) is 27.1. The van der Waals surface area contributed by atoms with E-state index in [2.05, 4.69) is 19.1 Å². The first-order chi connectivity index (χ1) is 15.8. The highest BCUT2D eigenvalue weighted by Gasteiger charge is 2.32. The number of aliphatic carboxylic acids is 1. The van der Waals surface area contributed by atoms with Crippen molar-refractivity contribution in [2.75, 3.05) is 6.61 Å². The number of ether oxygens (including phenoxy) is 1. The van der Waals surface area contributed by atoms with Gasteiger partial charge in [-0.1, -0.05) is 42.0 Å². The summed E-state index contributed by atoms with van der Waals surface area (Å²) in [5.41, 5.74) is 9.89. The van der Waals surface area contributed by atoms with E-state index in [4.69, 9.17) is 4.74 Å². The molecule has 5 heteroatoms. The standard InChI is InChI=1S/C28H27NO4/c1-16-7-9-19(10-8-16)26-18(3)24-15-29(14-23(24)17(2)22(26)13-25(30)31)28(32)21-6-4-5-20-11-12-33-27(20)21/h4-10H,11-15H2,1-3H3,(H,30,31). The Balaban J connectivity index is 1.58. The van der Waals surface area contributed by atoms with Gasteiger partial charge in [0.25, 0.3) is 5.91 Å². The molecule has 5 nitrogen and oxygen atoms in total. The molecule has 0 bridgehead atoms. The minimum atomic E-state index is -0.853. The largest absolute Gasteiger partial charge is 0.492 e. The van der Waals surface area contributed by atoms with E-state index in [0.29, 0.717) is 31.0 Å². The Hall–Kier alpha value is -3.60. The van der Waals surface area contributed by atoms with Crippen LogP contribution in [0, 0.1) is 20.8 Å². The Kier molecular flexibility index (Phi) is 5.20. The van der Waals surface area contributed by atoms with Crippen LogP contribution in [-0.2, 0) is 30.7 Å². The zero-order valence-corrected chi connectivity index (χ0v) is 19.2. The van der Waals surface area contributed by atoms with E-state index in [9.17, 15) is 14.7 Å². The fourth-order valence-electron chi connectivity index (χ4n) is 5.25. The Labute approximate surface area is 193 Å². The normalized spacial score (nSPS) is 14.1. The van der Waals surface area contributed by atoms with Crippen molar-refractivity contribution in [2.24, 2.45) is 0 Å². The van der Waals surface area contributed by atoms with Crippen molar-refractivity contribution in [3.63, 3.8) is 0 Å². The van der Waals surface area contributed by atoms with Crippen molar-refractivity contribution in [1.82, 2.24) is 4.90 Å². The van der Waals surface area contributed by atoms with Gasteiger partial charge in [-0.25, -0.2) is 0 Å². The average molecular weight is 442 g/mol. The van der Waals surface area contributed by atoms with Crippen LogP contribution < -0.4 is 4.74 Å². The fraction of sp³-hybridized carbons (Fsp3) is 0.286. The molecule has 0 atom stereocenters. The Morgan fingerprint density at radius 2 is 1.67 bits per heavy atom. The molecule has 0 radical (unpaired) electrons. The molecule has 3 aromatic carbocycles. The van der Waals surface area contributed by atoms with Crippen LogP contribution in [0.2, 0.25) is 0 Å². The predicted octanol–water partition coefficient (Wildman–Crippen LogP) is 5.00. The topological polar surface area (TPSA) is 66.8 Å². The summed E-state index contributed by atoms with van der Waals surface area (Å²) in [5, 5.41) is 9.65. The quantitative estimate of drug-likeness (QED) is 0.619. The average Bonchev–Trinajstić information content (AvgIpc) is 3.45. The second kappa shape index (κ2) is 8.07. The van der Waals surface area contributed by atoms with Gasteiger partial charge in [0.1, 0.15) is 5.75 Å². The third kappa shape index (κ3) is 3.58. The maximum atomic E-state index is 13.5. The highest BCUT2D eigenvalue weighted by molar-refractivity contribution is 5.98. The molecule has 0 unspecified atom stereocenters. The number of carbonyl (C=O) groups is 2. The number of aryl methyl sites for hydroxylation is 1. The van der Waals surface area contributed by atoms with Gasteiger partial charge < -0.3 is 14.7 Å². The molecule has 0 aromatic heterocycles. The minimum absolute atomic E-state index is 0.0413. The molecule has 33 heavy (non-hydrogen) atoms. The van der Waals surface area contributed by atoms with Crippen LogP contribution in [0.25, 0.3) is 11.1 Å². The first kappa shape index (κ1) is 21.3. The molecule has 0 spiro atoms. The summed E-state index contributed by atoms with van der Waals surface area (Å²) in [6.45, 7) is 7.68. The van der Waals surface area contributed by atoms with Crippen molar-refractivity contribution in [3.8, 4) is 16.9 Å². The first-order valence-electron chi connectivity index (χ1n) is 11.3. The zero-order valence-electron chi connectivity index (χ0n) is 19.2. The molecule has 2 aliphatic heterocycles. The number of amides is 1. The van der Waals surface area contributed by atoms with Crippen LogP contribution in [0.3, 0.4) is 0 Å². The SMILES string of the molecule is Cc1ccc(-c2c(C)c3c(c(C)c2CC(=O)O)CN(C(=O)c2cccc4c2OCC4)C3)cc1.